The molecule has 0 radical (unpaired) electrons. The minimum atomic E-state index is 0.218. The lowest BCUT2D eigenvalue weighted by Gasteiger charge is -2.08. The number of hydrogen-bond acceptors (Lipinski definition) is 3. The molecule has 9 heavy (non-hydrogen) atoms. The number of rotatable bonds is 1. The molecule has 1 heterocycles. The molecule has 0 aliphatic carbocycles. The van der Waals surface area contributed by atoms with Gasteiger partial charge < -0.3 is 5.73 Å². The Bertz CT molecular complexity index is 131. The molecule has 0 fully saturated rings. The van der Waals surface area contributed by atoms with Crippen molar-refractivity contribution in [3.05, 3.63) is 0 Å². The van der Waals surface area contributed by atoms with E-state index in [-0.39, 0.29) is 6.04 Å². The van der Waals surface area contributed by atoms with E-state index < -0.39 is 0 Å². The smallest absolute Gasteiger partial charge is 0.0751 e. The number of aliphatic imine (C=N–C) groups is 1. The largest absolute Gasteiger partial charge is 0.326 e. The summed E-state index contributed by atoms with van der Waals surface area (Å²) in [5.41, 5.74) is 5.64. The first-order valence-electron chi connectivity index (χ1n) is 3.13. The van der Waals surface area contributed by atoms with Gasteiger partial charge in [0.2, 0.25) is 0 Å². The Balaban J connectivity index is 2.47. The Morgan fingerprint density at radius 2 is 2.56 bits per heavy atom. The second-order valence-corrected chi connectivity index (χ2v) is 3.60. The van der Waals surface area contributed by atoms with Crippen LogP contribution in [0.3, 0.4) is 0 Å². The average Bonchev–Trinajstić information content (AvgIpc) is 2.14. The molecule has 1 aliphatic heterocycles. The maximum atomic E-state index is 5.64. The molecule has 1 rings (SSSR count). The van der Waals surface area contributed by atoms with Crippen molar-refractivity contribution in [1.82, 2.24) is 0 Å². The fourth-order valence-corrected chi connectivity index (χ4v) is 1.78. The van der Waals surface area contributed by atoms with E-state index in [1.54, 1.807) is 11.8 Å². The monoisotopic (exact) mass is 144 g/mol. The summed E-state index contributed by atoms with van der Waals surface area (Å²) < 4.78 is 0. The first kappa shape index (κ1) is 7.09. The third kappa shape index (κ3) is 1.69. The van der Waals surface area contributed by atoms with Crippen molar-refractivity contribution in [2.45, 2.75) is 25.9 Å². The number of nitrogens with zero attached hydrogens (tertiary/aromatic N) is 1. The highest BCUT2D eigenvalue weighted by Gasteiger charge is 2.18. The van der Waals surface area contributed by atoms with Crippen LogP contribution in [0.5, 0.6) is 0 Å². The second-order valence-electron chi connectivity index (χ2n) is 2.39. The molecular formula is C6H12N2S. The SMILES string of the molecule is CC1=NC([C@@H](C)N)CS1. The minimum absolute atomic E-state index is 0.218. The Morgan fingerprint density at radius 1 is 1.89 bits per heavy atom. The lowest BCUT2D eigenvalue weighted by atomic mass is 10.2. The second kappa shape index (κ2) is 2.71. The molecule has 0 aromatic heterocycles. The molecule has 0 saturated heterocycles. The van der Waals surface area contributed by atoms with Crippen molar-refractivity contribution in [3.63, 3.8) is 0 Å². The third-order valence-corrected chi connectivity index (χ3v) is 2.45. The molecule has 1 unspecified atom stereocenters. The summed E-state index contributed by atoms with van der Waals surface area (Å²) in [5, 5.41) is 1.18. The van der Waals surface area contributed by atoms with E-state index >= 15 is 0 Å². The molecule has 1 aliphatic rings. The number of thioether (sulfide) groups is 1. The molecule has 0 aromatic carbocycles. The zero-order valence-electron chi connectivity index (χ0n) is 5.79. The van der Waals surface area contributed by atoms with Crippen LogP contribution in [0.4, 0.5) is 0 Å². The lowest BCUT2D eigenvalue weighted by molar-refractivity contribution is 0.620. The number of nitrogens with two attached hydrogens (primary N) is 1. The average molecular weight is 144 g/mol. The summed E-state index contributed by atoms with van der Waals surface area (Å²) in [5.74, 6) is 1.07. The molecule has 3 heteroatoms. The van der Waals surface area contributed by atoms with Gasteiger partial charge in [0.25, 0.3) is 0 Å². The van der Waals surface area contributed by atoms with Crippen molar-refractivity contribution >= 4 is 16.8 Å². The van der Waals surface area contributed by atoms with Crippen LogP contribution in [-0.4, -0.2) is 22.9 Å². The first-order chi connectivity index (χ1) is 4.20. The van der Waals surface area contributed by atoms with Gasteiger partial charge in [-0.3, -0.25) is 4.99 Å². The van der Waals surface area contributed by atoms with Crippen LogP contribution >= 0.6 is 11.8 Å². The normalized spacial score (nSPS) is 30.1. The Hall–Kier alpha value is -0.0200. The highest BCUT2D eigenvalue weighted by molar-refractivity contribution is 8.14. The quantitative estimate of drug-likeness (QED) is 0.593. The first-order valence-corrected chi connectivity index (χ1v) is 4.11. The molecule has 0 bridgehead atoms. The maximum absolute atomic E-state index is 5.64. The van der Waals surface area contributed by atoms with Crippen LogP contribution in [0.25, 0.3) is 0 Å². The van der Waals surface area contributed by atoms with Gasteiger partial charge in [-0.2, -0.15) is 0 Å². The van der Waals surface area contributed by atoms with Crippen LogP contribution in [0, 0.1) is 0 Å². The van der Waals surface area contributed by atoms with Crippen molar-refractivity contribution < 1.29 is 0 Å². The molecule has 2 N–H and O–H groups in total. The van der Waals surface area contributed by atoms with Crippen molar-refractivity contribution in [3.8, 4) is 0 Å². The Kier molecular flexibility index (Phi) is 2.13. The molecular weight excluding hydrogens is 132 g/mol. The van der Waals surface area contributed by atoms with E-state index in [9.17, 15) is 0 Å². The zero-order chi connectivity index (χ0) is 6.85. The van der Waals surface area contributed by atoms with E-state index in [0.29, 0.717) is 6.04 Å². The van der Waals surface area contributed by atoms with Crippen molar-refractivity contribution in [2.75, 3.05) is 5.75 Å². The Labute approximate surface area is 59.9 Å². The maximum Gasteiger partial charge on any atom is 0.0751 e. The van der Waals surface area contributed by atoms with Crippen LogP contribution in [-0.2, 0) is 0 Å². The van der Waals surface area contributed by atoms with Gasteiger partial charge in [0, 0.05) is 11.8 Å². The van der Waals surface area contributed by atoms with E-state index in [4.69, 9.17) is 5.73 Å². The van der Waals surface area contributed by atoms with Gasteiger partial charge in [-0.25, -0.2) is 0 Å². The van der Waals surface area contributed by atoms with Gasteiger partial charge in [-0.1, -0.05) is 0 Å². The van der Waals surface area contributed by atoms with Gasteiger partial charge in [0.05, 0.1) is 11.1 Å². The van der Waals surface area contributed by atoms with Crippen LogP contribution in [0.15, 0.2) is 4.99 Å². The van der Waals surface area contributed by atoms with E-state index in [2.05, 4.69) is 4.99 Å². The molecule has 0 spiro atoms. The predicted octanol–water partition coefficient (Wildman–Crippen LogP) is 0.867. The summed E-state index contributed by atoms with van der Waals surface area (Å²) in [4.78, 5) is 4.34. The topological polar surface area (TPSA) is 38.4 Å². The summed E-state index contributed by atoms with van der Waals surface area (Å²) in [6.07, 6.45) is 0. The highest BCUT2D eigenvalue weighted by atomic mass is 32.2. The lowest BCUT2D eigenvalue weighted by Crippen LogP contribution is -2.30. The molecule has 52 valence electrons. The van der Waals surface area contributed by atoms with Crippen LogP contribution < -0.4 is 5.73 Å². The highest BCUT2D eigenvalue weighted by Crippen LogP contribution is 2.18. The van der Waals surface area contributed by atoms with E-state index in [1.165, 1.54) is 5.04 Å². The molecule has 0 saturated carbocycles. The fraction of sp³-hybridized carbons (Fsp3) is 0.833. The Morgan fingerprint density at radius 3 is 2.78 bits per heavy atom. The summed E-state index contributed by atoms with van der Waals surface area (Å²) in [6.45, 7) is 4.04. The van der Waals surface area contributed by atoms with Crippen LogP contribution in [0.2, 0.25) is 0 Å². The number of hydrogen-bond donors (Lipinski definition) is 1. The van der Waals surface area contributed by atoms with Crippen LogP contribution in [0.1, 0.15) is 13.8 Å². The molecule has 0 aromatic rings. The predicted molar refractivity (Wildman–Crippen MR) is 43.0 cm³/mol. The van der Waals surface area contributed by atoms with Gasteiger partial charge in [0.15, 0.2) is 0 Å². The van der Waals surface area contributed by atoms with Crippen molar-refractivity contribution in [1.29, 1.82) is 0 Å². The standard InChI is InChI=1S/C6H12N2S/c1-4(7)6-3-9-5(2)8-6/h4,6H,3,7H2,1-2H3/t4-,6?/m1/s1. The summed E-state index contributed by atoms with van der Waals surface area (Å²) in [7, 11) is 0. The zero-order valence-corrected chi connectivity index (χ0v) is 6.61. The van der Waals surface area contributed by atoms with E-state index in [0.717, 1.165) is 5.75 Å². The third-order valence-electron chi connectivity index (χ3n) is 1.42. The summed E-state index contributed by atoms with van der Waals surface area (Å²) >= 11 is 1.80. The molecule has 2 atom stereocenters. The van der Waals surface area contributed by atoms with Gasteiger partial charge in [0.1, 0.15) is 0 Å². The van der Waals surface area contributed by atoms with Gasteiger partial charge in [-0.15, -0.1) is 11.8 Å². The van der Waals surface area contributed by atoms with Gasteiger partial charge >= 0.3 is 0 Å². The molecule has 2 nitrogen and oxygen atoms in total. The van der Waals surface area contributed by atoms with Crippen molar-refractivity contribution in [2.24, 2.45) is 10.7 Å². The van der Waals surface area contributed by atoms with Gasteiger partial charge in [-0.05, 0) is 13.8 Å². The molecule has 0 amide bonds. The fourth-order valence-electron chi connectivity index (χ4n) is 0.783. The minimum Gasteiger partial charge on any atom is -0.326 e. The summed E-state index contributed by atoms with van der Waals surface area (Å²) in [6, 6.07) is 0.588. The van der Waals surface area contributed by atoms with E-state index in [1.807, 2.05) is 13.8 Å².